The Kier molecular flexibility index (Phi) is 6.45. The van der Waals surface area contributed by atoms with Crippen molar-refractivity contribution in [3.05, 3.63) is 18.5 Å². The predicted molar refractivity (Wildman–Crippen MR) is 81.0 cm³/mol. The molecule has 1 rings (SSSR count). The van der Waals surface area contributed by atoms with Crippen molar-refractivity contribution >= 4 is 24.0 Å². The van der Waals surface area contributed by atoms with Crippen molar-refractivity contribution in [2.45, 2.75) is 46.0 Å². The average molecular weight is 340 g/mol. The van der Waals surface area contributed by atoms with E-state index in [0.29, 0.717) is 0 Å². The Hall–Kier alpha value is -2.91. The van der Waals surface area contributed by atoms with Gasteiger partial charge in [0.1, 0.15) is 5.60 Å². The van der Waals surface area contributed by atoms with E-state index in [0.717, 1.165) is 4.68 Å². The maximum absolute atomic E-state index is 11.8. The van der Waals surface area contributed by atoms with Gasteiger partial charge in [0.15, 0.2) is 0 Å². The smallest absolute Gasteiger partial charge is 0.414 e. The number of ether oxygens (including phenoxy) is 3. The molecule has 0 aromatic carbocycles. The molecule has 1 amide bonds. The van der Waals surface area contributed by atoms with Crippen LogP contribution in [0.5, 0.6) is 0 Å². The second-order valence-corrected chi connectivity index (χ2v) is 5.42. The van der Waals surface area contributed by atoms with Gasteiger partial charge in [-0.25, -0.2) is 9.48 Å². The molecule has 24 heavy (non-hydrogen) atoms. The van der Waals surface area contributed by atoms with Crippen LogP contribution in [0.4, 0.5) is 4.79 Å². The summed E-state index contributed by atoms with van der Waals surface area (Å²) in [5, 5.41) is 13.6. The highest BCUT2D eigenvalue weighted by Crippen LogP contribution is 2.16. The standard InChI is InChI=1S/C14H20N4O6/c1-9(19)22-10(2)23-11(20)8-14(3,4)24-13(21)17-12(15)18-7-5-6-16-18/h5-7,10H,8H2,1-4H3,(H2,15,17,21). The Labute approximate surface area is 138 Å². The molecule has 1 atom stereocenters. The molecule has 1 aromatic heterocycles. The maximum Gasteiger partial charge on any atom is 0.414 e. The van der Waals surface area contributed by atoms with Crippen molar-refractivity contribution in [1.82, 2.24) is 15.1 Å². The number of amides is 1. The SMILES string of the molecule is CC(=O)OC(C)OC(=O)CC(C)(C)OC(=O)NC(=N)n1cccn1. The quantitative estimate of drug-likeness (QED) is 0.354. The van der Waals surface area contributed by atoms with E-state index in [9.17, 15) is 14.4 Å². The number of rotatable bonds is 5. The summed E-state index contributed by atoms with van der Waals surface area (Å²) >= 11 is 0. The van der Waals surface area contributed by atoms with Gasteiger partial charge in [0.2, 0.25) is 12.2 Å². The second kappa shape index (κ2) is 8.09. The zero-order chi connectivity index (χ0) is 18.3. The van der Waals surface area contributed by atoms with Crippen molar-refractivity contribution < 1.29 is 28.6 Å². The third-order valence-electron chi connectivity index (χ3n) is 2.52. The fourth-order valence-electron chi connectivity index (χ4n) is 1.70. The van der Waals surface area contributed by atoms with Gasteiger partial charge in [0.05, 0.1) is 6.42 Å². The average Bonchev–Trinajstić information content (AvgIpc) is 2.88. The summed E-state index contributed by atoms with van der Waals surface area (Å²) in [6.45, 7) is 5.59. The summed E-state index contributed by atoms with van der Waals surface area (Å²) in [6.07, 6.45) is 0.711. The van der Waals surface area contributed by atoms with Crippen LogP contribution in [0.15, 0.2) is 18.5 Å². The summed E-state index contributed by atoms with van der Waals surface area (Å²) in [5.41, 5.74) is -1.19. The Bertz CT molecular complexity index is 611. The lowest BCUT2D eigenvalue weighted by Crippen LogP contribution is -2.41. The van der Waals surface area contributed by atoms with Crippen molar-refractivity contribution in [3.8, 4) is 0 Å². The Morgan fingerprint density at radius 3 is 2.54 bits per heavy atom. The molecule has 0 radical (unpaired) electrons. The number of hydrogen-bond acceptors (Lipinski definition) is 8. The summed E-state index contributed by atoms with van der Waals surface area (Å²) in [6, 6.07) is 1.59. The predicted octanol–water partition coefficient (Wildman–Crippen LogP) is 1.01. The Balaban J connectivity index is 2.47. The fraction of sp³-hybridized carbons (Fsp3) is 0.500. The molecule has 0 saturated heterocycles. The van der Waals surface area contributed by atoms with Crippen molar-refractivity contribution in [2.75, 3.05) is 0 Å². The summed E-state index contributed by atoms with van der Waals surface area (Å²) in [4.78, 5) is 34.3. The fourth-order valence-corrected chi connectivity index (χ4v) is 1.70. The van der Waals surface area contributed by atoms with E-state index in [1.165, 1.54) is 40.1 Å². The number of hydrogen-bond donors (Lipinski definition) is 2. The van der Waals surface area contributed by atoms with E-state index in [4.69, 9.17) is 14.9 Å². The van der Waals surface area contributed by atoms with E-state index in [1.807, 2.05) is 0 Å². The number of carbonyl (C=O) groups excluding carboxylic acids is 3. The minimum Gasteiger partial charge on any atom is -0.443 e. The van der Waals surface area contributed by atoms with Crippen LogP contribution in [0.1, 0.15) is 34.1 Å². The Morgan fingerprint density at radius 1 is 1.33 bits per heavy atom. The number of carbonyl (C=O) groups is 3. The molecule has 132 valence electrons. The number of aromatic nitrogens is 2. The molecule has 10 heteroatoms. The molecule has 1 heterocycles. The lowest BCUT2D eigenvalue weighted by Gasteiger charge is -2.24. The lowest BCUT2D eigenvalue weighted by molar-refractivity contribution is -0.185. The number of nitrogens with zero attached hydrogens (tertiary/aromatic N) is 2. The molecule has 0 bridgehead atoms. The first-order chi connectivity index (χ1) is 11.1. The normalized spacial score (nSPS) is 12.0. The minimum atomic E-state index is -1.19. The van der Waals surface area contributed by atoms with Crippen molar-refractivity contribution in [3.63, 3.8) is 0 Å². The van der Waals surface area contributed by atoms with E-state index in [2.05, 4.69) is 15.2 Å². The molecule has 0 aliphatic heterocycles. The largest absolute Gasteiger partial charge is 0.443 e. The Morgan fingerprint density at radius 2 is 2.00 bits per heavy atom. The van der Waals surface area contributed by atoms with Crippen LogP contribution in [0.2, 0.25) is 0 Å². The third-order valence-corrected chi connectivity index (χ3v) is 2.52. The molecule has 10 nitrogen and oxygen atoms in total. The van der Waals surface area contributed by atoms with Gasteiger partial charge >= 0.3 is 18.0 Å². The number of alkyl carbamates (subject to hydrolysis) is 1. The molecule has 0 aliphatic rings. The van der Waals surface area contributed by atoms with Gasteiger partial charge in [-0.3, -0.25) is 20.3 Å². The van der Waals surface area contributed by atoms with Crippen LogP contribution in [-0.4, -0.2) is 45.7 Å². The molecule has 0 aliphatic carbocycles. The highest BCUT2D eigenvalue weighted by atomic mass is 16.7. The van der Waals surface area contributed by atoms with Gasteiger partial charge in [0, 0.05) is 26.2 Å². The van der Waals surface area contributed by atoms with Gasteiger partial charge in [-0.05, 0) is 19.9 Å². The minimum absolute atomic E-state index is 0.263. The zero-order valence-electron chi connectivity index (χ0n) is 13.9. The third kappa shape index (κ3) is 6.90. The second-order valence-electron chi connectivity index (χ2n) is 5.42. The van der Waals surface area contributed by atoms with Crippen LogP contribution in [0, 0.1) is 5.41 Å². The molecular weight excluding hydrogens is 320 g/mol. The topological polar surface area (TPSA) is 133 Å². The molecule has 0 saturated carbocycles. The van der Waals surface area contributed by atoms with E-state index >= 15 is 0 Å². The maximum atomic E-state index is 11.8. The van der Waals surface area contributed by atoms with Gasteiger partial charge in [-0.15, -0.1) is 0 Å². The van der Waals surface area contributed by atoms with Gasteiger partial charge in [0.25, 0.3) is 0 Å². The van der Waals surface area contributed by atoms with Crippen molar-refractivity contribution in [1.29, 1.82) is 5.41 Å². The summed E-state index contributed by atoms with van der Waals surface area (Å²) in [5.74, 6) is -1.59. The molecule has 1 aromatic rings. The highest BCUT2D eigenvalue weighted by Gasteiger charge is 2.29. The molecule has 2 N–H and O–H groups in total. The highest BCUT2D eigenvalue weighted by molar-refractivity contribution is 5.93. The van der Waals surface area contributed by atoms with Gasteiger partial charge < -0.3 is 14.2 Å². The first-order valence-corrected chi connectivity index (χ1v) is 7.04. The molecular formula is C14H20N4O6. The van der Waals surface area contributed by atoms with Crippen LogP contribution >= 0.6 is 0 Å². The van der Waals surface area contributed by atoms with Crippen LogP contribution < -0.4 is 5.32 Å². The van der Waals surface area contributed by atoms with E-state index in [1.54, 1.807) is 6.07 Å². The van der Waals surface area contributed by atoms with E-state index in [-0.39, 0.29) is 12.4 Å². The molecule has 0 fully saturated rings. The molecule has 1 unspecified atom stereocenters. The first kappa shape index (κ1) is 19.1. The van der Waals surface area contributed by atoms with E-state index < -0.39 is 29.9 Å². The van der Waals surface area contributed by atoms with Gasteiger partial charge in [-0.2, -0.15) is 5.10 Å². The van der Waals surface area contributed by atoms with Crippen LogP contribution in [-0.2, 0) is 23.8 Å². The lowest BCUT2D eigenvalue weighted by atomic mass is 10.1. The number of esters is 2. The van der Waals surface area contributed by atoms with Crippen LogP contribution in [0.3, 0.4) is 0 Å². The monoisotopic (exact) mass is 340 g/mol. The van der Waals surface area contributed by atoms with Crippen molar-refractivity contribution in [2.24, 2.45) is 0 Å². The van der Waals surface area contributed by atoms with Gasteiger partial charge in [-0.1, -0.05) is 0 Å². The zero-order valence-corrected chi connectivity index (χ0v) is 13.9. The summed E-state index contributed by atoms with van der Waals surface area (Å²) in [7, 11) is 0. The molecule has 0 spiro atoms. The van der Waals surface area contributed by atoms with Crippen LogP contribution in [0.25, 0.3) is 0 Å². The number of nitrogens with one attached hydrogen (secondary N) is 2. The summed E-state index contributed by atoms with van der Waals surface area (Å²) < 4.78 is 15.8. The first-order valence-electron chi connectivity index (χ1n) is 7.04.